The fraction of sp³-hybridized carbons (Fsp3) is 0.583. The van der Waals surface area contributed by atoms with E-state index in [1.807, 2.05) is 44.2 Å². The fourth-order valence-electron chi connectivity index (χ4n) is 4.84. The molecule has 1 aromatic carbocycles. The minimum absolute atomic E-state index is 0.00362. The largest absolute Gasteiger partial charge is 0.481 e. The highest BCUT2D eigenvalue weighted by Crippen LogP contribution is 2.39. The second kappa shape index (κ2) is 12.5. The molecule has 188 valence electrons. The molecule has 1 aliphatic carbocycles. The minimum atomic E-state index is -1.23. The van der Waals surface area contributed by atoms with Crippen molar-refractivity contribution in [1.29, 1.82) is 0 Å². The number of amides is 2. The molecule has 0 bridgehead atoms. The van der Waals surface area contributed by atoms with E-state index in [1.54, 1.807) is 0 Å². The molecular formula is C24H37N5O5. The first-order chi connectivity index (χ1) is 16.1. The second-order valence-electron chi connectivity index (χ2n) is 8.92. The zero-order chi connectivity index (χ0) is 25.4. The number of carboxylic acid groups (broad SMARTS) is 1. The molecule has 0 spiro atoms. The number of nitrogens with two attached hydrogens (primary N) is 2. The predicted octanol–water partition coefficient (Wildman–Crippen LogP) is 0.378. The fourth-order valence-corrected chi connectivity index (χ4v) is 4.84. The van der Waals surface area contributed by atoms with Crippen molar-refractivity contribution in [1.82, 2.24) is 10.6 Å². The molecule has 6 atom stereocenters. The summed E-state index contributed by atoms with van der Waals surface area (Å²) in [6, 6.07) is 7.24. The van der Waals surface area contributed by atoms with Gasteiger partial charge in [0.15, 0.2) is 5.96 Å². The van der Waals surface area contributed by atoms with Crippen molar-refractivity contribution < 1.29 is 24.6 Å². The van der Waals surface area contributed by atoms with Crippen LogP contribution >= 0.6 is 0 Å². The Balaban J connectivity index is 2.24. The maximum absolute atomic E-state index is 12.5. The molecule has 2 unspecified atom stereocenters. The van der Waals surface area contributed by atoms with Crippen LogP contribution in [0.25, 0.3) is 0 Å². The molecule has 1 fully saturated rings. The highest BCUT2D eigenvalue weighted by molar-refractivity contribution is 5.98. The summed E-state index contributed by atoms with van der Waals surface area (Å²) in [6.45, 7) is 5.33. The zero-order valence-electron chi connectivity index (χ0n) is 20.0. The van der Waals surface area contributed by atoms with E-state index in [-0.39, 0.29) is 24.2 Å². The smallest absolute Gasteiger partial charge is 0.309 e. The van der Waals surface area contributed by atoms with E-state index < -0.39 is 47.9 Å². The van der Waals surface area contributed by atoms with Crippen LogP contribution < -0.4 is 22.1 Å². The third-order valence-electron chi connectivity index (χ3n) is 6.60. The summed E-state index contributed by atoms with van der Waals surface area (Å²) in [5.41, 5.74) is 12.9. The Kier molecular flexibility index (Phi) is 10.0. The van der Waals surface area contributed by atoms with Crippen LogP contribution in [0.5, 0.6) is 0 Å². The molecular weight excluding hydrogens is 438 g/mol. The maximum atomic E-state index is 12.5. The molecule has 8 N–H and O–H groups in total. The molecule has 1 aromatic rings. The molecule has 10 heteroatoms. The van der Waals surface area contributed by atoms with E-state index in [1.165, 1.54) is 6.92 Å². The number of aliphatic carboxylic acids is 1. The van der Waals surface area contributed by atoms with Crippen molar-refractivity contribution in [2.45, 2.75) is 70.7 Å². The van der Waals surface area contributed by atoms with Crippen LogP contribution in [-0.2, 0) is 20.8 Å². The van der Waals surface area contributed by atoms with Gasteiger partial charge in [-0.1, -0.05) is 57.0 Å². The van der Waals surface area contributed by atoms with Crippen LogP contribution in [0.15, 0.2) is 35.3 Å². The normalized spacial score (nSPS) is 24.5. The van der Waals surface area contributed by atoms with E-state index in [0.29, 0.717) is 6.42 Å². The highest BCUT2D eigenvalue weighted by Gasteiger charge is 2.51. The van der Waals surface area contributed by atoms with Gasteiger partial charge in [-0.05, 0) is 24.3 Å². The average molecular weight is 476 g/mol. The first-order valence-corrected chi connectivity index (χ1v) is 11.7. The summed E-state index contributed by atoms with van der Waals surface area (Å²) >= 11 is 0. The van der Waals surface area contributed by atoms with Gasteiger partial charge in [-0.15, -0.1) is 0 Å². The number of nitrogens with one attached hydrogen (secondary N) is 2. The first kappa shape index (κ1) is 27.3. The lowest BCUT2D eigenvalue weighted by Crippen LogP contribution is -2.51. The van der Waals surface area contributed by atoms with Gasteiger partial charge < -0.3 is 27.0 Å². The zero-order valence-corrected chi connectivity index (χ0v) is 20.0. The van der Waals surface area contributed by atoms with Gasteiger partial charge in [0.25, 0.3) is 0 Å². The Bertz CT molecular complexity index is 874. The van der Waals surface area contributed by atoms with Crippen molar-refractivity contribution in [2.75, 3.05) is 0 Å². The first-order valence-electron chi connectivity index (χ1n) is 11.7. The molecule has 2 amide bonds. The molecule has 1 saturated carbocycles. The molecule has 1 aliphatic rings. The number of aliphatic hydroxyl groups is 1. The van der Waals surface area contributed by atoms with Gasteiger partial charge in [0.2, 0.25) is 11.8 Å². The van der Waals surface area contributed by atoms with Crippen molar-refractivity contribution in [3.8, 4) is 0 Å². The van der Waals surface area contributed by atoms with Gasteiger partial charge in [0.05, 0.1) is 24.1 Å². The van der Waals surface area contributed by atoms with Crippen LogP contribution in [0.3, 0.4) is 0 Å². The standard InChI is InChI=1S/C24H37N5O5/c1-4-15(5-2)20(27-13(3)30)19-18(12-16(21(19)31)23(33)34)28-24(26)29-22(32)17(25)11-14-9-7-6-8-10-14/h6-10,15-21,31H,4-5,11-12,25H2,1-3H3,(H,27,30)(H,33,34)(H3,26,28,29,32)/t16-,17?,18+,19+,20?,21+/m0/s1. The van der Waals surface area contributed by atoms with Gasteiger partial charge in [-0.2, -0.15) is 0 Å². The third-order valence-corrected chi connectivity index (χ3v) is 6.60. The molecule has 0 aliphatic heterocycles. The van der Waals surface area contributed by atoms with Crippen molar-refractivity contribution in [3.63, 3.8) is 0 Å². The van der Waals surface area contributed by atoms with Crippen molar-refractivity contribution in [2.24, 2.45) is 34.2 Å². The number of aliphatic hydroxyl groups excluding tert-OH is 1. The number of carboxylic acids is 1. The third kappa shape index (κ3) is 7.01. The number of aliphatic imine (C=N–C) groups is 1. The van der Waals surface area contributed by atoms with E-state index in [0.717, 1.165) is 18.4 Å². The van der Waals surface area contributed by atoms with Crippen LogP contribution in [-0.4, -0.2) is 58.2 Å². The summed E-state index contributed by atoms with van der Waals surface area (Å²) in [7, 11) is 0. The van der Waals surface area contributed by atoms with Gasteiger partial charge in [0.1, 0.15) is 0 Å². The number of carbonyl (C=O) groups is 3. The Morgan fingerprint density at radius 1 is 1.18 bits per heavy atom. The number of benzene rings is 1. The lowest BCUT2D eigenvalue weighted by atomic mass is 9.80. The second-order valence-corrected chi connectivity index (χ2v) is 8.92. The van der Waals surface area contributed by atoms with Gasteiger partial charge in [-0.3, -0.25) is 19.7 Å². The highest BCUT2D eigenvalue weighted by atomic mass is 16.4. The minimum Gasteiger partial charge on any atom is -0.481 e. The SMILES string of the molecule is CCC(CC)C(NC(C)=O)[C@@H]1[C@H](O)[C@@H](C(=O)O)C[C@H]1N=C(N)NC(=O)C(N)Cc1ccccc1. The molecule has 10 nitrogen and oxygen atoms in total. The van der Waals surface area contributed by atoms with Crippen LogP contribution in [0.2, 0.25) is 0 Å². The summed E-state index contributed by atoms with van der Waals surface area (Å²) in [5, 5.41) is 25.9. The Morgan fingerprint density at radius 3 is 2.32 bits per heavy atom. The Labute approximate surface area is 200 Å². The summed E-state index contributed by atoms with van der Waals surface area (Å²) in [6.07, 6.45) is 0.557. The number of nitrogens with zero attached hydrogens (tertiary/aromatic N) is 1. The van der Waals surface area contributed by atoms with Crippen molar-refractivity contribution >= 4 is 23.7 Å². The number of carbonyl (C=O) groups excluding carboxylic acids is 2. The van der Waals surface area contributed by atoms with Gasteiger partial charge in [-0.25, -0.2) is 4.99 Å². The summed E-state index contributed by atoms with van der Waals surface area (Å²) in [4.78, 5) is 40.6. The lowest BCUT2D eigenvalue weighted by Gasteiger charge is -2.35. The van der Waals surface area contributed by atoms with Crippen LogP contribution in [0.1, 0.15) is 45.6 Å². The van der Waals surface area contributed by atoms with E-state index >= 15 is 0 Å². The number of hydrogen-bond acceptors (Lipinski definition) is 6. The molecule has 0 saturated heterocycles. The maximum Gasteiger partial charge on any atom is 0.309 e. The average Bonchev–Trinajstić information content (AvgIpc) is 3.09. The topological polar surface area (TPSA) is 180 Å². The molecule has 0 aromatic heterocycles. The van der Waals surface area contributed by atoms with E-state index in [9.17, 15) is 24.6 Å². The summed E-state index contributed by atoms with van der Waals surface area (Å²) in [5.74, 6) is -3.88. The molecule has 34 heavy (non-hydrogen) atoms. The number of rotatable bonds is 10. The van der Waals surface area contributed by atoms with Gasteiger partial charge >= 0.3 is 5.97 Å². The molecule has 0 heterocycles. The molecule has 2 rings (SSSR count). The lowest BCUT2D eigenvalue weighted by molar-refractivity contribution is -0.145. The monoisotopic (exact) mass is 475 g/mol. The Hall–Kier alpha value is -2.98. The predicted molar refractivity (Wildman–Crippen MR) is 129 cm³/mol. The van der Waals surface area contributed by atoms with Crippen LogP contribution in [0, 0.1) is 17.8 Å². The summed E-state index contributed by atoms with van der Waals surface area (Å²) < 4.78 is 0. The molecule has 0 radical (unpaired) electrons. The Morgan fingerprint density at radius 2 is 1.79 bits per heavy atom. The quantitative estimate of drug-likeness (QED) is 0.209. The van der Waals surface area contributed by atoms with Crippen molar-refractivity contribution in [3.05, 3.63) is 35.9 Å². The van der Waals surface area contributed by atoms with Gasteiger partial charge in [0, 0.05) is 18.9 Å². The van der Waals surface area contributed by atoms with E-state index in [2.05, 4.69) is 15.6 Å². The van der Waals surface area contributed by atoms with E-state index in [4.69, 9.17) is 11.5 Å². The number of hydrogen-bond donors (Lipinski definition) is 6. The number of guanidine groups is 1. The van der Waals surface area contributed by atoms with Crippen LogP contribution in [0.4, 0.5) is 0 Å².